The molecule has 1 aromatic heterocycles. The van der Waals surface area contributed by atoms with Crippen LogP contribution in [0.5, 0.6) is 5.75 Å². The summed E-state index contributed by atoms with van der Waals surface area (Å²) in [6, 6.07) is 21.4. The highest BCUT2D eigenvalue weighted by Gasteiger charge is 2.22. The highest BCUT2D eigenvalue weighted by molar-refractivity contribution is 6.30. The smallest absolute Gasteiger partial charge is 0.257 e. The fourth-order valence-corrected chi connectivity index (χ4v) is 3.78. The van der Waals surface area contributed by atoms with Crippen LogP contribution in [0.3, 0.4) is 0 Å². The first-order valence-corrected chi connectivity index (χ1v) is 10.7. The van der Waals surface area contributed by atoms with E-state index in [4.69, 9.17) is 16.3 Å². The third kappa shape index (κ3) is 4.52. The summed E-state index contributed by atoms with van der Waals surface area (Å²) in [6.07, 6.45) is 0. The molecule has 1 N–H and O–H groups in total. The van der Waals surface area contributed by atoms with Crippen molar-refractivity contribution in [1.82, 2.24) is 9.78 Å². The molecular weight excluding hydrogens is 438 g/mol. The Kier molecular flexibility index (Phi) is 6.29. The minimum absolute atomic E-state index is 0.245. The Hall–Kier alpha value is -3.90. The number of benzene rings is 3. The van der Waals surface area contributed by atoms with Crippen molar-refractivity contribution in [2.45, 2.75) is 13.8 Å². The Morgan fingerprint density at radius 3 is 2.48 bits per heavy atom. The van der Waals surface area contributed by atoms with E-state index in [1.165, 1.54) is 4.68 Å². The van der Waals surface area contributed by atoms with Crippen molar-refractivity contribution in [3.05, 3.63) is 105 Å². The molecule has 1 heterocycles. The first kappa shape index (κ1) is 22.3. The van der Waals surface area contributed by atoms with Gasteiger partial charge in [0, 0.05) is 10.6 Å². The summed E-state index contributed by atoms with van der Waals surface area (Å²) in [4.78, 5) is 26.6. The Balaban J connectivity index is 2.00. The van der Waals surface area contributed by atoms with Gasteiger partial charge in [-0.1, -0.05) is 48.0 Å². The molecule has 0 aliphatic rings. The second-order valence-corrected chi connectivity index (χ2v) is 7.97. The standard InChI is InChI=1S/C26H22ClN3O3/c1-16-8-4-5-13-22(16)26(32)28-25-23(18-9-6-12-21(14-18)33-3)24(31)17(2)29-30(25)20-11-7-10-19(27)15-20/h4-15H,1-3H3,(H,28,32). The highest BCUT2D eigenvalue weighted by Crippen LogP contribution is 2.30. The van der Waals surface area contributed by atoms with Crippen LogP contribution in [-0.4, -0.2) is 22.8 Å². The van der Waals surface area contributed by atoms with Crippen LogP contribution in [0, 0.1) is 13.8 Å². The molecule has 0 fully saturated rings. The van der Waals surface area contributed by atoms with Gasteiger partial charge in [0.1, 0.15) is 17.3 Å². The minimum Gasteiger partial charge on any atom is -0.497 e. The first-order valence-electron chi connectivity index (χ1n) is 10.3. The maximum Gasteiger partial charge on any atom is 0.257 e. The lowest BCUT2D eigenvalue weighted by Gasteiger charge is -2.19. The SMILES string of the molecule is COc1cccc(-c2c(NC(=O)c3ccccc3C)n(-c3cccc(Cl)c3)nc(C)c2=O)c1. The number of rotatable bonds is 5. The van der Waals surface area contributed by atoms with Gasteiger partial charge < -0.3 is 10.1 Å². The summed E-state index contributed by atoms with van der Waals surface area (Å²) in [6.45, 7) is 3.50. The molecule has 0 saturated carbocycles. The fraction of sp³-hybridized carbons (Fsp3) is 0.115. The van der Waals surface area contributed by atoms with Crippen LogP contribution in [0.25, 0.3) is 16.8 Å². The Bertz CT molecular complexity index is 1410. The second-order valence-electron chi connectivity index (χ2n) is 7.53. The number of halogens is 1. The fourth-order valence-electron chi connectivity index (χ4n) is 3.60. The number of amides is 1. The van der Waals surface area contributed by atoms with E-state index >= 15 is 0 Å². The van der Waals surface area contributed by atoms with E-state index < -0.39 is 0 Å². The van der Waals surface area contributed by atoms with Crippen LogP contribution >= 0.6 is 11.6 Å². The topological polar surface area (TPSA) is 73.2 Å². The molecule has 0 aliphatic carbocycles. The molecule has 166 valence electrons. The average Bonchev–Trinajstić information content (AvgIpc) is 2.81. The lowest BCUT2D eigenvalue weighted by molar-refractivity contribution is 0.102. The zero-order chi connectivity index (χ0) is 23.5. The number of methoxy groups -OCH3 is 1. The average molecular weight is 460 g/mol. The van der Waals surface area contributed by atoms with Crippen LogP contribution in [-0.2, 0) is 0 Å². The molecule has 4 rings (SSSR count). The Morgan fingerprint density at radius 1 is 1.00 bits per heavy atom. The van der Waals surface area contributed by atoms with E-state index in [0.717, 1.165) is 5.56 Å². The minimum atomic E-state index is -0.349. The first-order chi connectivity index (χ1) is 15.9. The molecule has 6 nitrogen and oxygen atoms in total. The van der Waals surface area contributed by atoms with Gasteiger partial charge in [-0.15, -0.1) is 0 Å². The van der Waals surface area contributed by atoms with Gasteiger partial charge in [-0.05, 0) is 61.4 Å². The molecular formula is C26H22ClN3O3. The zero-order valence-corrected chi connectivity index (χ0v) is 19.2. The van der Waals surface area contributed by atoms with Crippen molar-refractivity contribution in [1.29, 1.82) is 0 Å². The third-order valence-electron chi connectivity index (χ3n) is 5.29. The van der Waals surface area contributed by atoms with E-state index in [1.807, 2.05) is 25.1 Å². The number of carbonyl (C=O) groups excluding carboxylic acids is 1. The van der Waals surface area contributed by atoms with Crippen LogP contribution in [0.4, 0.5) is 5.82 Å². The molecule has 33 heavy (non-hydrogen) atoms. The number of anilines is 1. The van der Waals surface area contributed by atoms with Crippen LogP contribution in [0.1, 0.15) is 21.6 Å². The van der Waals surface area contributed by atoms with Crippen LogP contribution < -0.4 is 15.5 Å². The molecule has 4 aromatic rings. The number of ether oxygens (including phenoxy) is 1. The molecule has 0 spiro atoms. The van der Waals surface area contributed by atoms with Crippen molar-refractivity contribution in [2.75, 3.05) is 12.4 Å². The van der Waals surface area contributed by atoms with Crippen LogP contribution in [0.15, 0.2) is 77.6 Å². The molecule has 0 bridgehead atoms. The van der Waals surface area contributed by atoms with Crippen molar-refractivity contribution in [3.8, 4) is 22.6 Å². The van der Waals surface area contributed by atoms with Gasteiger partial charge in [0.2, 0.25) is 5.43 Å². The number of aryl methyl sites for hydroxylation is 2. The summed E-state index contributed by atoms with van der Waals surface area (Å²) in [7, 11) is 1.56. The van der Waals surface area contributed by atoms with Crippen molar-refractivity contribution < 1.29 is 9.53 Å². The van der Waals surface area contributed by atoms with Gasteiger partial charge in [-0.3, -0.25) is 9.59 Å². The van der Waals surface area contributed by atoms with Gasteiger partial charge in [-0.2, -0.15) is 5.10 Å². The summed E-state index contributed by atoms with van der Waals surface area (Å²) in [5.41, 5.74) is 2.82. The molecule has 7 heteroatoms. The Morgan fingerprint density at radius 2 is 1.76 bits per heavy atom. The Labute approximate surface area is 196 Å². The monoisotopic (exact) mass is 459 g/mol. The summed E-state index contributed by atoms with van der Waals surface area (Å²) >= 11 is 6.23. The molecule has 0 atom stereocenters. The van der Waals surface area contributed by atoms with Crippen molar-refractivity contribution >= 4 is 23.3 Å². The quantitative estimate of drug-likeness (QED) is 0.432. The second kappa shape index (κ2) is 9.30. The van der Waals surface area contributed by atoms with E-state index in [-0.39, 0.29) is 22.8 Å². The number of hydrogen-bond donors (Lipinski definition) is 1. The van der Waals surface area contributed by atoms with Gasteiger partial charge in [0.15, 0.2) is 0 Å². The lowest BCUT2D eigenvalue weighted by Crippen LogP contribution is -2.25. The van der Waals surface area contributed by atoms with Crippen molar-refractivity contribution in [2.24, 2.45) is 0 Å². The number of nitrogens with zero attached hydrogens (tertiary/aromatic N) is 2. The molecule has 0 saturated heterocycles. The molecule has 3 aromatic carbocycles. The predicted octanol–water partition coefficient (Wildman–Crippen LogP) is 5.43. The van der Waals surface area contributed by atoms with Gasteiger partial charge in [0.05, 0.1) is 18.4 Å². The van der Waals surface area contributed by atoms with Crippen molar-refractivity contribution in [3.63, 3.8) is 0 Å². The van der Waals surface area contributed by atoms with E-state index in [2.05, 4.69) is 10.4 Å². The van der Waals surface area contributed by atoms with E-state index in [1.54, 1.807) is 68.6 Å². The molecule has 0 aliphatic heterocycles. The van der Waals surface area contributed by atoms with Crippen LogP contribution in [0.2, 0.25) is 5.02 Å². The maximum atomic E-state index is 13.3. The molecule has 0 unspecified atom stereocenters. The van der Waals surface area contributed by atoms with Gasteiger partial charge in [0.25, 0.3) is 5.91 Å². The van der Waals surface area contributed by atoms with Gasteiger partial charge >= 0.3 is 0 Å². The van der Waals surface area contributed by atoms with E-state index in [9.17, 15) is 9.59 Å². The van der Waals surface area contributed by atoms with Gasteiger partial charge in [-0.25, -0.2) is 4.68 Å². The highest BCUT2D eigenvalue weighted by atomic mass is 35.5. The van der Waals surface area contributed by atoms with E-state index in [0.29, 0.717) is 33.1 Å². The number of aromatic nitrogens is 2. The zero-order valence-electron chi connectivity index (χ0n) is 18.4. The molecule has 1 amide bonds. The summed E-state index contributed by atoms with van der Waals surface area (Å²) in [5, 5.41) is 7.92. The molecule has 0 radical (unpaired) electrons. The number of carbonyl (C=O) groups is 1. The summed E-state index contributed by atoms with van der Waals surface area (Å²) < 4.78 is 6.89. The lowest BCUT2D eigenvalue weighted by atomic mass is 10.0. The normalized spacial score (nSPS) is 10.7. The number of nitrogens with one attached hydrogen (secondary N) is 1. The predicted molar refractivity (Wildman–Crippen MR) is 131 cm³/mol. The number of hydrogen-bond acceptors (Lipinski definition) is 4. The largest absolute Gasteiger partial charge is 0.497 e. The third-order valence-corrected chi connectivity index (χ3v) is 5.52. The maximum absolute atomic E-state index is 13.3. The summed E-state index contributed by atoms with van der Waals surface area (Å²) in [5.74, 6) is 0.485.